The number of rotatable bonds is 4. The molecule has 0 spiro atoms. The Labute approximate surface area is 131 Å². The van der Waals surface area contributed by atoms with E-state index >= 15 is 0 Å². The Kier molecular flexibility index (Phi) is 4.10. The number of halogens is 1. The fourth-order valence-electron chi connectivity index (χ4n) is 2.50. The molecule has 10 heteroatoms. The summed E-state index contributed by atoms with van der Waals surface area (Å²) in [5.74, 6) is 0. The van der Waals surface area contributed by atoms with Crippen molar-refractivity contribution in [2.24, 2.45) is 5.14 Å². The van der Waals surface area contributed by atoms with Gasteiger partial charge in [0.2, 0.25) is 0 Å². The Morgan fingerprint density at radius 3 is 3.05 bits per heavy atom. The molecule has 0 radical (unpaired) electrons. The quantitative estimate of drug-likeness (QED) is 0.780. The lowest BCUT2D eigenvalue weighted by Crippen LogP contribution is -2.30. The van der Waals surface area contributed by atoms with Crippen LogP contribution < -0.4 is 5.14 Å². The van der Waals surface area contributed by atoms with Gasteiger partial charge in [-0.2, -0.15) is 8.42 Å². The minimum Gasteiger partial charge on any atom is -0.390 e. The highest BCUT2D eigenvalue weighted by Gasteiger charge is 2.36. The molecule has 1 aliphatic heterocycles. The molecule has 2 aromatic heterocycles. The van der Waals surface area contributed by atoms with Gasteiger partial charge in [-0.15, -0.1) is 0 Å². The number of aliphatic hydroxyl groups excluding tert-OH is 1. The van der Waals surface area contributed by atoms with Gasteiger partial charge < -0.3 is 14.4 Å². The van der Waals surface area contributed by atoms with Crippen LogP contribution in [0.15, 0.2) is 24.5 Å². The van der Waals surface area contributed by atoms with Crippen molar-refractivity contribution < 1.29 is 22.4 Å². The molecule has 1 aliphatic rings. The summed E-state index contributed by atoms with van der Waals surface area (Å²) in [7, 11) is -4.07. The number of aromatic nitrogens is 2. The Hall–Kier alpha value is -1.23. The standard InChI is InChI=1S/C12H14ClN3O5S/c13-12-7-2-4-16(8(7)1-3-15-12)11-5-9(17)10(21-11)6-20-22(14,18)19/h1-4,9-11,17H,5-6H2,(H2,14,18,19)/t9-,10+,11+/m0/s1. The van der Waals surface area contributed by atoms with Crippen molar-refractivity contribution in [1.29, 1.82) is 0 Å². The summed E-state index contributed by atoms with van der Waals surface area (Å²) in [4.78, 5) is 3.99. The molecule has 0 amide bonds. The van der Waals surface area contributed by atoms with Crippen molar-refractivity contribution in [3.8, 4) is 0 Å². The topological polar surface area (TPSA) is 117 Å². The van der Waals surface area contributed by atoms with Crippen LogP contribution in [0, 0.1) is 0 Å². The summed E-state index contributed by atoms with van der Waals surface area (Å²) < 4.78 is 33.6. The highest BCUT2D eigenvalue weighted by molar-refractivity contribution is 7.84. The molecule has 2 aromatic rings. The zero-order valence-electron chi connectivity index (χ0n) is 11.3. The van der Waals surface area contributed by atoms with Crippen molar-refractivity contribution in [1.82, 2.24) is 9.55 Å². The molecule has 3 atom stereocenters. The predicted octanol–water partition coefficient (Wildman–Crippen LogP) is 0.558. The van der Waals surface area contributed by atoms with Gasteiger partial charge >= 0.3 is 10.3 Å². The number of pyridine rings is 1. The first-order chi connectivity index (χ1) is 10.3. The van der Waals surface area contributed by atoms with E-state index in [1.54, 1.807) is 24.5 Å². The fraction of sp³-hybridized carbons (Fsp3) is 0.417. The van der Waals surface area contributed by atoms with E-state index in [4.69, 9.17) is 21.5 Å². The smallest absolute Gasteiger partial charge is 0.333 e. The lowest BCUT2D eigenvalue weighted by atomic mass is 10.2. The maximum absolute atomic E-state index is 10.8. The van der Waals surface area contributed by atoms with Crippen molar-refractivity contribution in [3.63, 3.8) is 0 Å². The molecule has 0 aromatic carbocycles. The number of nitrogens with zero attached hydrogens (tertiary/aromatic N) is 2. The molecule has 22 heavy (non-hydrogen) atoms. The third-order valence-corrected chi connectivity index (χ3v) is 4.28. The molecule has 0 unspecified atom stereocenters. The normalized spacial score (nSPS) is 25.9. The third-order valence-electron chi connectivity index (χ3n) is 3.51. The predicted molar refractivity (Wildman–Crippen MR) is 78.3 cm³/mol. The number of hydrogen-bond donors (Lipinski definition) is 2. The Bertz CT molecular complexity index is 793. The number of nitrogens with two attached hydrogens (primary N) is 1. The van der Waals surface area contributed by atoms with Crippen LogP contribution >= 0.6 is 11.6 Å². The van der Waals surface area contributed by atoms with E-state index in [0.29, 0.717) is 11.6 Å². The van der Waals surface area contributed by atoms with Gasteiger partial charge in [-0.05, 0) is 12.1 Å². The molecule has 3 heterocycles. The van der Waals surface area contributed by atoms with Crippen LogP contribution in [-0.2, 0) is 19.2 Å². The first-order valence-corrected chi connectivity index (χ1v) is 8.32. The van der Waals surface area contributed by atoms with Gasteiger partial charge in [-0.3, -0.25) is 4.18 Å². The second-order valence-corrected chi connectivity index (χ2v) is 6.55. The van der Waals surface area contributed by atoms with Gasteiger partial charge in [0.05, 0.1) is 18.2 Å². The SMILES string of the molecule is NS(=O)(=O)OC[C@H]1O[C@@H](n2ccc3c(Cl)nccc32)C[C@@H]1O. The second-order valence-electron chi connectivity index (χ2n) is 4.97. The lowest BCUT2D eigenvalue weighted by Gasteiger charge is -2.16. The Balaban J connectivity index is 1.80. The molecule has 1 fully saturated rings. The van der Waals surface area contributed by atoms with E-state index in [-0.39, 0.29) is 6.61 Å². The number of hydrogen-bond acceptors (Lipinski definition) is 6. The maximum Gasteiger partial charge on any atom is 0.333 e. The largest absolute Gasteiger partial charge is 0.390 e. The van der Waals surface area contributed by atoms with E-state index in [0.717, 1.165) is 10.9 Å². The summed E-state index contributed by atoms with van der Waals surface area (Å²) in [6.07, 6.45) is 1.55. The summed E-state index contributed by atoms with van der Waals surface area (Å²) in [6.45, 7) is -0.335. The summed E-state index contributed by atoms with van der Waals surface area (Å²) >= 11 is 6.02. The minimum atomic E-state index is -4.07. The lowest BCUT2D eigenvalue weighted by molar-refractivity contribution is -0.0367. The summed E-state index contributed by atoms with van der Waals surface area (Å²) in [6, 6.07) is 3.58. The molecule has 0 bridgehead atoms. The number of fused-ring (bicyclic) bond motifs is 1. The first-order valence-electron chi connectivity index (χ1n) is 6.47. The van der Waals surface area contributed by atoms with Crippen LogP contribution in [0.3, 0.4) is 0 Å². The fourth-order valence-corrected chi connectivity index (χ4v) is 3.04. The van der Waals surface area contributed by atoms with Crippen LogP contribution in [0.4, 0.5) is 0 Å². The monoisotopic (exact) mass is 347 g/mol. The molecule has 0 aliphatic carbocycles. The van der Waals surface area contributed by atoms with E-state index in [1.807, 2.05) is 4.57 Å². The van der Waals surface area contributed by atoms with Crippen molar-refractivity contribution in [2.75, 3.05) is 6.61 Å². The van der Waals surface area contributed by atoms with Crippen LogP contribution in [-0.4, -0.2) is 41.9 Å². The molecule has 120 valence electrons. The van der Waals surface area contributed by atoms with Crippen LogP contribution in [0.2, 0.25) is 5.15 Å². The van der Waals surface area contributed by atoms with Gasteiger partial charge in [0, 0.05) is 24.2 Å². The highest BCUT2D eigenvalue weighted by atomic mass is 35.5. The van der Waals surface area contributed by atoms with Gasteiger partial charge in [0.15, 0.2) is 0 Å². The molecule has 3 rings (SSSR count). The molecular formula is C12H14ClN3O5S. The molecule has 1 saturated heterocycles. The zero-order valence-corrected chi connectivity index (χ0v) is 12.9. The van der Waals surface area contributed by atoms with Crippen LogP contribution in [0.25, 0.3) is 10.9 Å². The van der Waals surface area contributed by atoms with Gasteiger partial charge in [0.1, 0.15) is 17.5 Å². The summed E-state index contributed by atoms with van der Waals surface area (Å²) in [5, 5.41) is 15.9. The Morgan fingerprint density at radius 1 is 1.55 bits per heavy atom. The van der Waals surface area contributed by atoms with Crippen LogP contribution in [0.1, 0.15) is 12.6 Å². The summed E-state index contributed by atoms with van der Waals surface area (Å²) in [5.41, 5.74) is 0.810. The molecule has 0 saturated carbocycles. The first kappa shape index (κ1) is 15.7. The third kappa shape index (κ3) is 3.09. The Morgan fingerprint density at radius 2 is 2.32 bits per heavy atom. The molecule has 8 nitrogen and oxygen atoms in total. The van der Waals surface area contributed by atoms with Crippen LogP contribution in [0.5, 0.6) is 0 Å². The van der Waals surface area contributed by atoms with Crippen molar-refractivity contribution in [2.45, 2.75) is 24.9 Å². The van der Waals surface area contributed by atoms with Crippen molar-refractivity contribution >= 4 is 32.8 Å². The van der Waals surface area contributed by atoms with E-state index in [9.17, 15) is 13.5 Å². The number of aliphatic hydroxyl groups is 1. The zero-order chi connectivity index (χ0) is 15.9. The van der Waals surface area contributed by atoms with Crippen molar-refractivity contribution in [3.05, 3.63) is 29.7 Å². The van der Waals surface area contributed by atoms with Gasteiger partial charge in [-0.1, -0.05) is 11.6 Å². The maximum atomic E-state index is 10.8. The van der Waals surface area contributed by atoms with E-state index in [2.05, 4.69) is 9.17 Å². The van der Waals surface area contributed by atoms with E-state index < -0.39 is 28.7 Å². The highest BCUT2D eigenvalue weighted by Crippen LogP contribution is 2.33. The average Bonchev–Trinajstić information content (AvgIpc) is 3.00. The second kappa shape index (κ2) is 5.76. The van der Waals surface area contributed by atoms with E-state index in [1.165, 1.54) is 0 Å². The minimum absolute atomic E-state index is 0.294. The van der Waals surface area contributed by atoms with Gasteiger partial charge in [-0.25, -0.2) is 10.1 Å². The number of ether oxygens (including phenoxy) is 1. The molecular weight excluding hydrogens is 334 g/mol. The van der Waals surface area contributed by atoms with Gasteiger partial charge in [0.25, 0.3) is 0 Å². The molecule has 3 N–H and O–H groups in total. The average molecular weight is 348 g/mol.